The van der Waals surface area contributed by atoms with Crippen LogP contribution in [-0.2, 0) is 11.3 Å². The van der Waals surface area contributed by atoms with E-state index in [1.165, 1.54) is 6.33 Å². The molecule has 3 heterocycles. The fraction of sp³-hybridized carbons (Fsp3) is 0.353. The molecule has 3 aromatic rings. The van der Waals surface area contributed by atoms with E-state index < -0.39 is 0 Å². The standard InChI is InChI=1S/C17H19ClN6O2/c18-12-2-1-3-13(10-12)26-17-14-15(19)20-11-21-16(14)24(22-17)5-4-23-6-8-25-9-7-23/h1-3,10-11H,4-9H2,(H2,19,20,21). The van der Waals surface area contributed by atoms with Gasteiger partial charge in [-0.2, -0.15) is 0 Å². The molecule has 1 aliphatic rings. The fourth-order valence-corrected chi connectivity index (χ4v) is 3.11. The Labute approximate surface area is 155 Å². The second-order valence-corrected chi connectivity index (χ2v) is 6.44. The number of fused-ring (bicyclic) bond motifs is 1. The molecule has 8 nitrogen and oxygen atoms in total. The van der Waals surface area contributed by atoms with E-state index in [1.807, 2.05) is 16.8 Å². The van der Waals surface area contributed by atoms with Crippen LogP contribution < -0.4 is 10.5 Å². The van der Waals surface area contributed by atoms with Crippen molar-refractivity contribution in [2.75, 3.05) is 38.6 Å². The third-order valence-electron chi connectivity index (χ3n) is 4.27. The number of nitrogens with two attached hydrogens (primary N) is 1. The van der Waals surface area contributed by atoms with E-state index in [2.05, 4.69) is 20.0 Å². The molecule has 26 heavy (non-hydrogen) atoms. The molecule has 2 N–H and O–H groups in total. The maximum absolute atomic E-state index is 6.06. The SMILES string of the molecule is Nc1ncnc2c1c(Oc1cccc(Cl)c1)nn2CCN1CCOCC1. The van der Waals surface area contributed by atoms with E-state index in [1.54, 1.807) is 12.1 Å². The molecule has 2 aromatic heterocycles. The number of aromatic nitrogens is 4. The van der Waals surface area contributed by atoms with Crippen molar-refractivity contribution in [1.29, 1.82) is 0 Å². The van der Waals surface area contributed by atoms with Crippen molar-refractivity contribution in [3.8, 4) is 11.6 Å². The van der Waals surface area contributed by atoms with E-state index in [0.717, 1.165) is 32.8 Å². The molecule has 0 unspecified atom stereocenters. The fourth-order valence-electron chi connectivity index (χ4n) is 2.93. The summed E-state index contributed by atoms with van der Waals surface area (Å²) in [5, 5.41) is 5.76. The van der Waals surface area contributed by atoms with Gasteiger partial charge in [0.05, 0.1) is 19.8 Å². The number of nitrogen functional groups attached to an aromatic ring is 1. The first-order chi connectivity index (χ1) is 12.7. The molecule has 136 valence electrons. The first kappa shape index (κ1) is 17.0. The number of hydrogen-bond acceptors (Lipinski definition) is 7. The summed E-state index contributed by atoms with van der Waals surface area (Å²) in [6.45, 7) is 4.88. The first-order valence-corrected chi connectivity index (χ1v) is 8.79. The highest BCUT2D eigenvalue weighted by Gasteiger charge is 2.18. The number of halogens is 1. The van der Waals surface area contributed by atoms with E-state index in [9.17, 15) is 0 Å². The molecule has 1 aliphatic heterocycles. The van der Waals surface area contributed by atoms with Gasteiger partial charge in [0.2, 0.25) is 0 Å². The zero-order valence-corrected chi connectivity index (χ0v) is 14.9. The molecule has 0 spiro atoms. The summed E-state index contributed by atoms with van der Waals surface area (Å²) in [4.78, 5) is 10.7. The van der Waals surface area contributed by atoms with Crippen LogP contribution in [0.25, 0.3) is 11.0 Å². The van der Waals surface area contributed by atoms with Gasteiger partial charge in [-0.1, -0.05) is 17.7 Å². The summed E-state index contributed by atoms with van der Waals surface area (Å²) in [5.41, 5.74) is 6.71. The molecule has 1 fully saturated rings. The molecule has 0 atom stereocenters. The maximum atomic E-state index is 6.06. The van der Waals surface area contributed by atoms with Gasteiger partial charge >= 0.3 is 0 Å². The van der Waals surface area contributed by atoms with Crippen LogP contribution in [0.5, 0.6) is 11.6 Å². The van der Waals surface area contributed by atoms with Gasteiger partial charge < -0.3 is 15.2 Å². The van der Waals surface area contributed by atoms with Crippen molar-refractivity contribution in [3.63, 3.8) is 0 Å². The lowest BCUT2D eigenvalue weighted by atomic mass is 10.3. The molecule has 0 radical (unpaired) electrons. The summed E-state index contributed by atoms with van der Waals surface area (Å²) in [5.74, 6) is 1.30. The minimum atomic E-state index is 0.338. The third-order valence-corrected chi connectivity index (χ3v) is 4.50. The van der Waals surface area contributed by atoms with Gasteiger partial charge in [0.25, 0.3) is 5.88 Å². The predicted octanol–water partition coefficient (Wildman–Crippen LogP) is 2.19. The molecule has 9 heteroatoms. The smallest absolute Gasteiger partial charge is 0.251 e. The number of rotatable bonds is 5. The van der Waals surface area contributed by atoms with Gasteiger partial charge in [-0.15, -0.1) is 5.10 Å². The zero-order valence-electron chi connectivity index (χ0n) is 14.1. The van der Waals surface area contributed by atoms with Gasteiger partial charge in [0.1, 0.15) is 23.3 Å². The molecule has 0 saturated carbocycles. The number of anilines is 1. The Morgan fingerprint density at radius 1 is 1.19 bits per heavy atom. The zero-order chi connectivity index (χ0) is 17.9. The van der Waals surface area contributed by atoms with Crippen molar-refractivity contribution in [1.82, 2.24) is 24.6 Å². The number of benzene rings is 1. The lowest BCUT2D eigenvalue weighted by molar-refractivity contribution is 0.0361. The summed E-state index contributed by atoms with van der Waals surface area (Å²) < 4.78 is 13.1. The van der Waals surface area contributed by atoms with Crippen LogP contribution in [0.3, 0.4) is 0 Å². The lowest BCUT2D eigenvalue weighted by Gasteiger charge is -2.26. The van der Waals surface area contributed by atoms with Crippen molar-refractivity contribution in [3.05, 3.63) is 35.6 Å². The van der Waals surface area contributed by atoms with E-state index in [4.69, 9.17) is 26.8 Å². The molecular formula is C17H19ClN6O2. The van der Waals surface area contributed by atoms with Crippen molar-refractivity contribution in [2.45, 2.75) is 6.54 Å². The quantitative estimate of drug-likeness (QED) is 0.731. The Morgan fingerprint density at radius 3 is 2.85 bits per heavy atom. The highest BCUT2D eigenvalue weighted by atomic mass is 35.5. The molecule has 0 amide bonds. The van der Waals surface area contributed by atoms with Crippen molar-refractivity contribution >= 4 is 28.5 Å². The average Bonchev–Trinajstić information content (AvgIpc) is 3.00. The topological polar surface area (TPSA) is 91.3 Å². The van der Waals surface area contributed by atoms with Crippen LogP contribution >= 0.6 is 11.6 Å². The Hall–Kier alpha value is -2.42. The van der Waals surface area contributed by atoms with Gasteiger partial charge in [0.15, 0.2) is 5.65 Å². The van der Waals surface area contributed by atoms with E-state index in [-0.39, 0.29) is 0 Å². The van der Waals surface area contributed by atoms with Gasteiger partial charge in [-0.25, -0.2) is 14.6 Å². The maximum Gasteiger partial charge on any atom is 0.251 e. The molecule has 4 rings (SSSR count). The summed E-state index contributed by atoms with van der Waals surface area (Å²) >= 11 is 6.03. The van der Waals surface area contributed by atoms with Crippen LogP contribution in [0.15, 0.2) is 30.6 Å². The number of morpholine rings is 1. The van der Waals surface area contributed by atoms with Crippen LogP contribution in [0.4, 0.5) is 5.82 Å². The number of hydrogen-bond donors (Lipinski definition) is 1. The number of nitrogens with zero attached hydrogens (tertiary/aromatic N) is 5. The molecular weight excluding hydrogens is 356 g/mol. The van der Waals surface area contributed by atoms with Crippen molar-refractivity contribution < 1.29 is 9.47 Å². The summed E-state index contributed by atoms with van der Waals surface area (Å²) in [7, 11) is 0. The predicted molar refractivity (Wildman–Crippen MR) is 98.5 cm³/mol. The second kappa shape index (κ2) is 7.45. The largest absolute Gasteiger partial charge is 0.437 e. The Bertz CT molecular complexity index is 909. The lowest BCUT2D eigenvalue weighted by Crippen LogP contribution is -2.38. The Balaban J connectivity index is 1.62. The van der Waals surface area contributed by atoms with Crippen LogP contribution in [0.2, 0.25) is 5.02 Å². The molecule has 1 saturated heterocycles. The number of ether oxygens (including phenoxy) is 2. The second-order valence-electron chi connectivity index (χ2n) is 6.00. The third kappa shape index (κ3) is 3.57. The molecule has 0 aliphatic carbocycles. The summed E-state index contributed by atoms with van der Waals surface area (Å²) in [6.07, 6.45) is 1.44. The van der Waals surface area contributed by atoms with Gasteiger partial charge in [-0.3, -0.25) is 4.90 Å². The molecule has 0 bridgehead atoms. The van der Waals surface area contributed by atoms with Crippen molar-refractivity contribution in [2.24, 2.45) is 0 Å². The van der Waals surface area contributed by atoms with Gasteiger partial charge in [-0.05, 0) is 18.2 Å². The highest BCUT2D eigenvalue weighted by Crippen LogP contribution is 2.32. The normalized spacial score (nSPS) is 15.4. The van der Waals surface area contributed by atoms with Gasteiger partial charge in [0, 0.05) is 24.7 Å². The van der Waals surface area contributed by atoms with Crippen LogP contribution in [0.1, 0.15) is 0 Å². The Morgan fingerprint density at radius 2 is 2.04 bits per heavy atom. The van der Waals surface area contributed by atoms with E-state index in [0.29, 0.717) is 40.0 Å². The minimum Gasteiger partial charge on any atom is -0.437 e. The summed E-state index contributed by atoms with van der Waals surface area (Å²) in [6, 6.07) is 7.13. The first-order valence-electron chi connectivity index (χ1n) is 8.41. The Kier molecular flexibility index (Phi) is 4.87. The van der Waals surface area contributed by atoms with E-state index >= 15 is 0 Å². The molecule has 1 aromatic carbocycles. The van der Waals surface area contributed by atoms with Crippen LogP contribution in [-0.4, -0.2) is 57.5 Å². The highest BCUT2D eigenvalue weighted by molar-refractivity contribution is 6.30. The minimum absolute atomic E-state index is 0.338. The average molecular weight is 375 g/mol. The monoisotopic (exact) mass is 374 g/mol. The van der Waals surface area contributed by atoms with Crippen LogP contribution in [0, 0.1) is 0 Å².